The molecule has 8 heteroatoms. The van der Waals surface area contributed by atoms with Crippen molar-refractivity contribution in [2.45, 2.75) is 43.4 Å². The predicted octanol–water partition coefficient (Wildman–Crippen LogP) is 4.20. The number of aryl methyl sites for hydroxylation is 2. The van der Waals surface area contributed by atoms with Crippen LogP contribution in [0, 0.1) is 23.1 Å². The average molecular weight is 402 g/mol. The van der Waals surface area contributed by atoms with Crippen LogP contribution in [-0.2, 0) is 25.7 Å². The van der Waals surface area contributed by atoms with Gasteiger partial charge in [0.25, 0.3) is 0 Å². The van der Waals surface area contributed by atoms with Gasteiger partial charge in [-0.05, 0) is 84.9 Å². The molecule has 2 aromatic rings. The molecule has 2 amide bonds. The number of nitriles is 1. The maximum absolute atomic E-state index is 13.2. The SMILES string of the molecule is N#CN.O=C(NSc1cc(F)cc(F)c1)Nc1c2c(cc3c1CCC3)CCC2. The number of carbonyl (C=O) groups is 1. The van der Waals surface area contributed by atoms with Crippen molar-refractivity contribution in [1.29, 1.82) is 5.26 Å². The van der Waals surface area contributed by atoms with E-state index in [1.54, 1.807) is 0 Å². The van der Waals surface area contributed by atoms with Crippen molar-refractivity contribution >= 4 is 23.7 Å². The fourth-order valence-electron chi connectivity index (χ4n) is 3.80. The Morgan fingerprint density at radius 2 is 1.54 bits per heavy atom. The van der Waals surface area contributed by atoms with Gasteiger partial charge < -0.3 is 11.1 Å². The van der Waals surface area contributed by atoms with E-state index in [2.05, 4.69) is 21.8 Å². The zero-order valence-corrected chi connectivity index (χ0v) is 16.0. The number of hydrogen-bond acceptors (Lipinski definition) is 4. The monoisotopic (exact) mass is 402 g/mol. The highest BCUT2D eigenvalue weighted by molar-refractivity contribution is 7.98. The van der Waals surface area contributed by atoms with Crippen molar-refractivity contribution in [1.82, 2.24) is 4.72 Å². The first kappa shape index (κ1) is 20.0. The molecule has 5 nitrogen and oxygen atoms in total. The topological polar surface area (TPSA) is 90.9 Å². The lowest BCUT2D eigenvalue weighted by molar-refractivity contribution is 0.257. The second-order valence-corrected chi connectivity index (χ2v) is 7.51. The van der Waals surface area contributed by atoms with Gasteiger partial charge in [0.15, 0.2) is 6.19 Å². The third-order valence-corrected chi connectivity index (χ3v) is 5.57. The first-order valence-corrected chi connectivity index (χ1v) is 9.79. The molecule has 0 spiro atoms. The van der Waals surface area contributed by atoms with E-state index < -0.39 is 11.6 Å². The molecule has 4 N–H and O–H groups in total. The third kappa shape index (κ3) is 4.54. The summed E-state index contributed by atoms with van der Waals surface area (Å²) in [6.07, 6.45) is 7.59. The van der Waals surface area contributed by atoms with Gasteiger partial charge in [-0.2, -0.15) is 5.26 Å². The van der Waals surface area contributed by atoms with Crippen molar-refractivity contribution in [3.8, 4) is 6.19 Å². The Morgan fingerprint density at radius 3 is 2.07 bits per heavy atom. The second kappa shape index (κ2) is 8.93. The van der Waals surface area contributed by atoms with Gasteiger partial charge in [-0.15, -0.1) is 0 Å². The summed E-state index contributed by atoms with van der Waals surface area (Å²) in [7, 11) is 0. The van der Waals surface area contributed by atoms with Gasteiger partial charge in [0.1, 0.15) is 11.6 Å². The first-order chi connectivity index (χ1) is 13.5. The Hall–Kier alpha value is -2.79. The lowest BCUT2D eigenvalue weighted by Gasteiger charge is -2.16. The van der Waals surface area contributed by atoms with Crippen LogP contribution < -0.4 is 15.8 Å². The van der Waals surface area contributed by atoms with Gasteiger partial charge in [0.2, 0.25) is 0 Å². The zero-order chi connectivity index (χ0) is 20.1. The van der Waals surface area contributed by atoms with Crippen LogP contribution in [-0.4, -0.2) is 6.03 Å². The highest BCUT2D eigenvalue weighted by atomic mass is 32.2. The molecule has 0 atom stereocenters. The fourth-order valence-corrected chi connectivity index (χ4v) is 4.40. The maximum Gasteiger partial charge on any atom is 0.329 e. The summed E-state index contributed by atoms with van der Waals surface area (Å²) in [4.78, 5) is 12.6. The van der Waals surface area contributed by atoms with E-state index in [9.17, 15) is 13.6 Å². The predicted molar refractivity (Wildman–Crippen MR) is 105 cm³/mol. The number of hydrogen-bond donors (Lipinski definition) is 3. The van der Waals surface area contributed by atoms with Crippen LogP contribution in [0.4, 0.5) is 19.3 Å². The van der Waals surface area contributed by atoms with E-state index in [1.807, 2.05) is 0 Å². The fraction of sp³-hybridized carbons (Fsp3) is 0.300. The Bertz CT molecular complexity index is 890. The Balaban J connectivity index is 0.000000706. The van der Waals surface area contributed by atoms with E-state index in [4.69, 9.17) is 5.26 Å². The van der Waals surface area contributed by atoms with Crippen molar-refractivity contribution in [3.63, 3.8) is 0 Å². The molecule has 2 aliphatic carbocycles. The number of nitrogens with two attached hydrogens (primary N) is 1. The molecule has 0 aliphatic heterocycles. The van der Waals surface area contributed by atoms with Crippen LogP contribution in [0.2, 0.25) is 0 Å². The largest absolute Gasteiger partial charge is 0.337 e. The molecule has 2 aliphatic rings. The van der Waals surface area contributed by atoms with E-state index in [0.717, 1.165) is 62.2 Å². The van der Waals surface area contributed by atoms with Crippen molar-refractivity contribution in [3.05, 3.63) is 58.2 Å². The molecule has 0 bridgehead atoms. The van der Waals surface area contributed by atoms with E-state index in [-0.39, 0.29) is 6.03 Å². The van der Waals surface area contributed by atoms with Crippen molar-refractivity contribution in [2.75, 3.05) is 5.32 Å². The molecule has 0 saturated carbocycles. The summed E-state index contributed by atoms with van der Waals surface area (Å²) in [6.45, 7) is 0. The number of nitrogens with zero attached hydrogens (tertiary/aromatic N) is 1. The van der Waals surface area contributed by atoms with Gasteiger partial charge >= 0.3 is 6.03 Å². The molecule has 0 fully saturated rings. The smallest absolute Gasteiger partial charge is 0.329 e. The van der Waals surface area contributed by atoms with Gasteiger partial charge in [-0.1, -0.05) is 6.07 Å². The van der Waals surface area contributed by atoms with Crippen molar-refractivity contribution < 1.29 is 13.6 Å². The molecule has 4 rings (SSSR count). The number of anilines is 1. The van der Waals surface area contributed by atoms with Crippen LogP contribution in [0.1, 0.15) is 35.1 Å². The standard InChI is InChI=1S/C19H18F2N2OS.CH2N2/c20-13-8-14(21)10-15(9-13)25-23-19(24)22-18-16-5-1-3-11(16)7-12-4-2-6-17(12)18;2-1-3/h7-10H,1-6H2,(H2,22,23,24);2H2. The highest BCUT2D eigenvalue weighted by Crippen LogP contribution is 2.38. The van der Waals surface area contributed by atoms with E-state index in [1.165, 1.54) is 40.6 Å². The second-order valence-electron chi connectivity index (χ2n) is 6.63. The van der Waals surface area contributed by atoms with Gasteiger partial charge in [0.05, 0.1) is 0 Å². The molecule has 146 valence electrons. The quantitative estimate of drug-likeness (QED) is 0.408. The number of amides is 2. The molecular weight excluding hydrogens is 382 g/mol. The number of benzene rings is 2. The van der Waals surface area contributed by atoms with Crippen LogP contribution in [0.15, 0.2) is 29.2 Å². The molecule has 0 radical (unpaired) electrons. The summed E-state index contributed by atoms with van der Waals surface area (Å²) in [6, 6.07) is 5.11. The minimum absolute atomic E-state index is 0.316. The summed E-state index contributed by atoms with van der Waals surface area (Å²) >= 11 is 0.901. The van der Waals surface area contributed by atoms with Crippen LogP contribution in [0.3, 0.4) is 0 Å². The normalized spacial score (nSPS) is 13.6. The van der Waals surface area contributed by atoms with E-state index in [0.29, 0.717) is 4.90 Å². The lowest BCUT2D eigenvalue weighted by atomic mass is 9.99. The molecular formula is C20H20F2N4OS. The third-order valence-electron chi connectivity index (χ3n) is 4.81. The van der Waals surface area contributed by atoms with Gasteiger partial charge in [0, 0.05) is 16.6 Å². The number of carbonyl (C=O) groups excluding carboxylic acids is 1. The summed E-state index contributed by atoms with van der Waals surface area (Å²) in [5, 5.41) is 10.1. The van der Waals surface area contributed by atoms with Crippen LogP contribution >= 0.6 is 11.9 Å². The summed E-state index contributed by atoms with van der Waals surface area (Å²) in [5.41, 5.74) is 10.3. The number of nitrogens with one attached hydrogen (secondary N) is 2. The number of fused-ring (bicyclic) bond motifs is 2. The number of halogens is 2. The van der Waals surface area contributed by atoms with Crippen LogP contribution in [0.25, 0.3) is 0 Å². The minimum Gasteiger partial charge on any atom is -0.337 e. The zero-order valence-electron chi connectivity index (χ0n) is 15.1. The first-order valence-electron chi connectivity index (χ1n) is 8.98. The number of rotatable bonds is 3. The summed E-state index contributed by atoms with van der Waals surface area (Å²) in [5.74, 6) is -1.33. The lowest BCUT2D eigenvalue weighted by Crippen LogP contribution is -2.24. The molecule has 0 aromatic heterocycles. The molecule has 2 aromatic carbocycles. The molecule has 0 heterocycles. The Labute approximate surface area is 166 Å². The van der Waals surface area contributed by atoms with Crippen molar-refractivity contribution in [2.24, 2.45) is 5.73 Å². The van der Waals surface area contributed by atoms with Gasteiger partial charge in [-0.3, -0.25) is 4.72 Å². The molecule has 0 saturated heterocycles. The average Bonchev–Trinajstić information content (AvgIpc) is 3.28. The Morgan fingerprint density at radius 1 is 1.00 bits per heavy atom. The van der Waals surface area contributed by atoms with Gasteiger partial charge in [-0.25, -0.2) is 13.6 Å². The maximum atomic E-state index is 13.2. The number of urea groups is 1. The molecule has 28 heavy (non-hydrogen) atoms. The van der Waals surface area contributed by atoms with E-state index >= 15 is 0 Å². The van der Waals surface area contributed by atoms with Crippen LogP contribution in [0.5, 0.6) is 0 Å². The minimum atomic E-state index is -0.664. The Kier molecular flexibility index (Phi) is 6.37. The highest BCUT2D eigenvalue weighted by Gasteiger charge is 2.24. The summed E-state index contributed by atoms with van der Waals surface area (Å²) < 4.78 is 29.1. The molecule has 0 unspecified atom stereocenters.